The van der Waals surface area contributed by atoms with Gasteiger partial charge in [0.05, 0.1) is 5.60 Å². The fraction of sp³-hybridized carbons (Fsp3) is 0.781. The summed E-state index contributed by atoms with van der Waals surface area (Å²) in [5.74, 6) is 4.13. The molecule has 1 N–H and O–H groups in total. The Hall–Kier alpha value is -1.19. The van der Waals surface area contributed by atoms with Gasteiger partial charge in [-0.05, 0) is 124 Å². The zero-order valence-corrected chi connectivity index (χ0v) is 22.2. The Labute approximate surface area is 213 Å². The summed E-state index contributed by atoms with van der Waals surface area (Å²) in [5, 5.41) is 11.8. The van der Waals surface area contributed by atoms with E-state index in [0.717, 1.165) is 69.5 Å². The highest BCUT2D eigenvalue weighted by Crippen LogP contribution is 2.66. The third kappa shape index (κ3) is 4.23. The van der Waals surface area contributed by atoms with Gasteiger partial charge in [0.1, 0.15) is 5.78 Å². The number of carbonyl (C=O) groups excluding carboxylic acids is 1. The average molecular weight is 478 g/mol. The number of β-amino-alcohol motifs (C(OH)–C–C–N with tert-alkyl or cyclic N) is 1. The number of hydrogen-bond acceptors (Lipinski definition) is 3. The lowest BCUT2D eigenvalue weighted by Gasteiger charge is -2.61. The quantitative estimate of drug-likeness (QED) is 0.554. The van der Waals surface area contributed by atoms with Gasteiger partial charge in [0, 0.05) is 18.4 Å². The standard InChI is InChI=1S/C32H47NO2/c1-30-16-17-32(35,22-33-18-13-24(14-19-33)20-23-6-4-3-5-7-23)21-25(30)8-9-26-27-10-11-29(34)31(27,2)15-12-28(26)30/h3-7,24-28,35H,8-22H2,1-2H3/t25?,26-,27-,28+,30-,31-,32?/m0/s1. The van der Waals surface area contributed by atoms with Gasteiger partial charge < -0.3 is 10.0 Å². The fourth-order valence-corrected chi connectivity index (χ4v) is 9.95. The lowest BCUT2D eigenvalue weighted by molar-refractivity contribution is -0.157. The molecule has 0 amide bonds. The summed E-state index contributed by atoms with van der Waals surface area (Å²) in [6, 6.07) is 10.9. The van der Waals surface area contributed by atoms with Crippen LogP contribution in [0.2, 0.25) is 0 Å². The number of rotatable bonds is 4. The van der Waals surface area contributed by atoms with E-state index in [1.54, 1.807) is 0 Å². The summed E-state index contributed by atoms with van der Waals surface area (Å²) in [6.07, 6.45) is 13.7. The highest BCUT2D eigenvalue weighted by atomic mass is 16.3. The second-order valence-electron chi connectivity index (χ2n) is 13.9. The number of likely N-dealkylation sites (tertiary alicyclic amines) is 1. The lowest BCUT2D eigenvalue weighted by atomic mass is 9.44. The molecule has 1 aliphatic heterocycles. The van der Waals surface area contributed by atoms with Crippen LogP contribution in [0.3, 0.4) is 0 Å². The first-order valence-electron chi connectivity index (χ1n) is 14.8. The average Bonchev–Trinajstić information content (AvgIpc) is 3.16. The second kappa shape index (κ2) is 8.98. The Bertz CT molecular complexity index is 923. The minimum atomic E-state index is -0.504. The number of fused-ring (bicyclic) bond motifs is 5. The van der Waals surface area contributed by atoms with Crippen LogP contribution in [-0.4, -0.2) is 41.0 Å². The molecular formula is C32H47NO2. The predicted octanol–water partition coefficient (Wildman–Crippen LogP) is 6.28. The first-order chi connectivity index (χ1) is 16.8. The molecule has 7 atom stereocenters. The molecule has 35 heavy (non-hydrogen) atoms. The molecule has 1 saturated heterocycles. The van der Waals surface area contributed by atoms with Crippen LogP contribution < -0.4 is 0 Å². The van der Waals surface area contributed by atoms with Crippen molar-refractivity contribution in [3.8, 4) is 0 Å². The van der Waals surface area contributed by atoms with Crippen LogP contribution in [0.4, 0.5) is 0 Å². The fourth-order valence-electron chi connectivity index (χ4n) is 9.95. The minimum absolute atomic E-state index is 0.0214. The summed E-state index contributed by atoms with van der Waals surface area (Å²) >= 11 is 0. The SMILES string of the molecule is C[C@]12CCC(O)(CN3CCC(Cc4ccccc4)CC3)CC1CC[C@@H]1[C@H]2CC[C@]2(C)C(=O)CC[C@@H]12. The maximum atomic E-state index is 12.7. The summed E-state index contributed by atoms with van der Waals surface area (Å²) in [6.45, 7) is 8.02. The highest BCUT2D eigenvalue weighted by Gasteiger charge is 2.61. The zero-order chi connectivity index (χ0) is 24.3. The predicted molar refractivity (Wildman–Crippen MR) is 141 cm³/mol. The topological polar surface area (TPSA) is 40.5 Å². The molecule has 3 nitrogen and oxygen atoms in total. The van der Waals surface area contributed by atoms with Crippen LogP contribution in [0, 0.1) is 40.4 Å². The van der Waals surface area contributed by atoms with E-state index in [0.29, 0.717) is 23.0 Å². The van der Waals surface area contributed by atoms with Crippen molar-refractivity contribution in [3.05, 3.63) is 35.9 Å². The molecule has 0 radical (unpaired) electrons. The largest absolute Gasteiger partial charge is 0.389 e. The minimum Gasteiger partial charge on any atom is -0.389 e. The number of ketones is 1. The Morgan fingerprint density at radius 2 is 1.69 bits per heavy atom. The molecule has 3 heteroatoms. The summed E-state index contributed by atoms with van der Waals surface area (Å²) < 4.78 is 0. The van der Waals surface area contributed by atoms with Gasteiger partial charge in [0.25, 0.3) is 0 Å². The van der Waals surface area contributed by atoms with E-state index in [1.165, 1.54) is 50.5 Å². The van der Waals surface area contributed by atoms with E-state index in [-0.39, 0.29) is 5.41 Å². The lowest BCUT2D eigenvalue weighted by Crippen LogP contribution is -2.58. The molecule has 0 spiro atoms. The van der Waals surface area contributed by atoms with Gasteiger partial charge in [0.15, 0.2) is 0 Å². The summed E-state index contributed by atoms with van der Waals surface area (Å²) in [5.41, 5.74) is 1.31. The van der Waals surface area contributed by atoms with E-state index in [4.69, 9.17) is 0 Å². The van der Waals surface area contributed by atoms with Gasteiger partial charge in [-0.2, -0.15) is 0 Å². The Balaban J connectivity index is 1.06. The number of piperidine rings is 1. The van der Waals surface area contributed by atoms with E-state index >= 15 is 0 Å². The van der Waals surface area contributed by atoms with Gasteiger partial charge in [-0.1, -0.05) is 44.2 Å². The summed E-state index contributed by atoms with van der Waals surface area (Å²) in [7, 11) is 0. The van der Waals surface area contributed by atoms with Crippen molar-refractivity contribution in [2.24, 2.45) is 40.4 Å². The first kappa shape index (κ1) is 24.2. The number of carbonyl (C=O) groups is 1. The van der Waals surface area contributed by atoms with Gasteiger partial charge in [-0.15, -0.1) is 0 Å². The van der Waals surface area contributed by atoms with Crippen LogP contribution in [0.1, 0.15) is 90.0 Å². The first-order valence-corrected chi connectivity index (χ1v) is 14.8. The van der Waals surface area contributed by atoms with E-state index in [1.807, 2.05) is 0 Å². The van der Waals surface area contributed by atoms with Gasteiger partial charge in [-0.3, -0.25) is 4.79 Å². The van der Waals surface area contributed by atoms with E-state index in [9.17, 15) is 9.90 Å². The van der Waals surface area contributed by atoms with Crippen molar-refractivity contribution in [3.63, 3.8) is 0 Å². The van der Waals surface area contributed by atoms with Crippen LogP contribution in [0.25, 0.3) is 0 Å². The molecule has 0 bridgehead atoms. The van der Waals surface area contributed by atoms with Crippen LogP contribution in [-0.2, 0) is 11.2 Å². The molecule has 192 valence electrons. The maximum Gasteiger partial charge on any atom is 0.139 e. The van der Waals surface area contributed by atoms with Crippen molar-refractivity contribution < 1.29 is 9.90 Å². The smallest absolute Gasteiger partial charge is 0.139 e. The van der Waals surface area contributed by atoms with E-state index in [2.05, 4.69) is 49.1 Å². The number of benzene rings is 1. The summed E-state index contributed by atoms with van der Waals surface area (Å²) in [4.78, 5) is 15.3. The number of Topliss-reactive ketones (excluding diaryl/α,β-unsaturated/α-hetero) is 1. The molecule has 4 saturated carbocycles. The zero-order valence-electron chi connectivity index (χ0n) is 22.2. The van der Waals surface area contributed by atoms with Crippen molar-refractivity contribution >= 4 is 5.78 Å². The maximum absolute atomic E-state index is 12.7. The molecule has 1 heterocycles. The molecule has 5 aliphatic rings. The Kier molecular flexibility index (Phi) is 6.20. The molecule has 2 unspecified atom stereocenters. The van der Waals surface area contributed by atoms with E-state index < -0.39 is 5.60 Å². The van der Waals surface area contributed by atoms with Gasteiger partial charge in [0.2, 0.25) is 0 Å². The molecule has 4 aliphatic carbocycles. The van der Waals surface area contributed by atoms with Crippen molar-refractivity contribution in [1.82, 2.24) is 4.90 Å². The molecule has 0 aromatic heterocycles. The Morgan fingerprint density at radius 3 is 2.46 bits per heavy atom. The second-order valence-corrected chi connectivity index (χ2v) is 13.9. The monoisotopic (exact) mass is 477 g/mol. The highest BCUT2D eigenvalue weighted by molar-refractivity contribution is 5.87. The third-order valence-electron chi connectivity index (χ3n) is 12.1. The van der Waals surface area contributed by atoms with Gasteiger partial charge >= 0.3 is 0 Å². The molecule has 6 rings (SSSR count). The molecule has 5 fully saturated rings. The van der Waals surface area contributed by atoms with Crippen molar-refractivity contribution in [2.75, 3.05) is 19.6 Å². The molecule has 1 aromatic carbocycles. The van der Waals surface area contributed by atoms with Crippen LogP contribution in [0.5, 0.6) is 0 Å². The van der Waals surface area contributed by atoms with Crippen LogP contribution in [0.15, 0.2) is 30.3 Å². The number of nitrogens with zero attached hydrogens (tertiary/aromatic N) is 1. The molecule has 1 aromatic rings. The van der Waals surface area contributed by atoms with Crippen molar-refractivity contribution in [2.45, 2.75) is 96.5 Å². The van der Waals surface area contributed by atoms with Gasteiger partial charge in [-0.25, -0.2) is 0 Å². The third-order valence-corrected chi connectivity index (χ3v) is 12.1. The molecular weight excluding hydrogens is 430 g/mol. The van der Waals surface area contributed by atoms with Crippen LogP contribution >= 0.6 is 0 Å². The number of aliphatic hydroxyl groups is 1. The number of hydrogen-bond donors (Lipinski definition) is 1. The normalized spacial score (nSPS) is 44.5. The Morgan fingerprint density at radius 1 is 0.914 bits per heavy atom. The van der Waals surface area contributed by atoms with Crippen molar-refractivity contribution in [1.29, 1.82) is 0 Å².